The van der Waals surface area contributed by atoms with E-state index >= 15 is 0 Å². The van der Waals surface area contributed by atoms with Crippen LogP contribution in [-0.2, 0) is 10.2 Å². The van der Waals surface area contributed by atoms with Gasteiger partial charge in [0.15, 0.2) is 0 Å². The minimum Gasteiger partial charge on any atom is -0.392 e. The fourth-order valence-electron chi connectivity index (χ4n) is 1.68. The summed E-state index contributed by atoms with van der Waals surface area (Å²) >= 11 is 4.90. The average Bonchev–Trinajstić information content (AvgIpc) is 2.17. The van der Waals surface area contributed by atoms with Crippen molar-refractivity contribution < 1.29 is 8.42 Å². The lowest BCUT2D eigenvalue weighted by Gasteiger charge is -2.35. The Morgan fingerprint density at radius 3 is 2.53 bits per heavy atom. The third-order valence-corrected chi connectivity index (χ3v) is 4.76. The van der Waals surface area contributed by atoms with E-state index in [1.54, 1.807) is 0 Å². The first kappa shape index (κ1) is 12.8. The van der Waals surface area contributed by atoms with Crippen molar-refractivity contribution in [2.45, 2.75) is 25.3 Å². The molecule has 0 aliphatic carbocycles. The first-order chi connectivity index (χ1) is 6.87. The summed E-state index contributed by atoms with van der Waals surface area (Å²) < 4.78 is 26.5. The quantitative estimate of drug-likeness (QED) is 0.713. The van der Waals surface area contributed by atoms with Crippen molar-refractivity contribution in [1.82, 2.24) is 8.61 Å². The Morgan fingerprint density at radius 2 is 2.07 bits per heavy atom. The van der Waals surface area contributed by atoms with Gasteiger partial charge in [0.1, 0.15) is 0 Å². The predicted molar refractivity (Wildman–Crippen MR) is 63.7 cm³/mol. The molecule has 0 amide bonds. The minimum atomic E-state index is -3.39. The summed E-state index contributed by atoms with van der Waals surface area (Å²) in [6.45, 7) is 0.503. The third kappa shape index (κ3) is 2.66. The summed E-state index contributed by atoms with van der Waals surface area (Å²) in [6, 6.07) is -0.318. The SMILES string of the molecule is CN(C)S(=O)(=O)N1CCCCC1C(N)=S. The highest BCUT2D eigenvalue weighted by Crippen LogP contribution is 2.21. The fourth-order valence-corrected chi connectivity index (χ4v) is 3.31. The second-order valence-electron chi connectivity index (χ2n) is 3.81. The molecule has 1 aliphatic heterocycles. The van der Waals surface area contributed by atoms with E-state index in [1.807, 2.05) is 0 Å². The Bertz CT molecular complexity index is 340. The Balaban J connectivity index is 2.95. The maximum absolute atomic E-state index is 11.9. The largest absolute Gasteiger partial charge is 0.392 e. The normalized spacial score (nSPS) is 24.3. The van der Waals surface area contributed by atoms with Crippen LogP contribution in [0.3, 0.4) is 0 Å². The van der Waals surface area contributed by atoms with Crippen LogP contribution in [0.2, 0.25) is 0 Å². The zero-order valence-corrected chi connectivity index (χ0v) is 10.6. The van der Waals surface area contributed by atoms with Gasteiger partial charge < -0.3 is 5.73 Å². The first-order valence-electron chi connectivity index (χ1n) is 4.86. The van der Waals surface area contributed by atoms with E-state index in [1.165, 1.54) is 22.7 Å². The molecular weight excluding hydrogens is 234 g/mol. The Morgan fingerprint density at radius 1 is 1.47 bits per heavy atom. The highest BCUT2D eigenvalue weighted by molar-refractivity contribution is 7.87. The van der Waals surface area contributed by atoms with Gasteiger partial charge in [-0.25, -0.2) is 0 Å². The molecule has 1 heterocycles. The molecule has 0 saturated carbocycles. The molecule has 1 atom stereocenters. The number of nitrogens with two attached hydrogens (primary N) is 1. The zero-order valence-electron chi connectivity index (χ0n) is 9.01. The molecule has 1 fully saturated rings. The molecule has 0 aromatic carbocycles. The molecule has 1 rings (SSSR count). The van der Waals surface area contributed by atoms with Crippen molar-refractivity contribution in [3.05, 3.63) is 0 Å². The van der Waals surface area contributed by atoms with Crippen LogP contribution in [0.4, 0.5) is 0 Å². The lowest BCUT2D eigenvalue weighted by Crippen LogP contribution is -2.53. The van der Waals surface area contributed by atoms with E-state index in [9.17, 15) is 8.42 Å². The maximum atomic E-state index is 11.9. The number of hydrogen-bond acceptors (Lipinski definition) is 3. The van der Waals surface area contributed by atoms with Gasteiger partial charge in [0.25, 0.3) is 10.2 Å². The Hall–Kier alpha value is -0.240. The molecule has 1 aliphatic rings. The molecule has 0 aromatic heterocycles. The second-order valence-corrected chi connectivity index (χ2v) is 6.38. The maximum Gasteiger partial charge on any atom is 0.282 e. The van der Waals surface area contributed by atoms with Gasteiger partial charge in [-0.15, -0.1) is 0 Å². The van der Waals surface area contributed by atoms with Crippen molar-refractivity contribution >= 4 is 27.4 Å². The molecule has 88 valence electrons. The lowest BCUT2D eigenvalue weighted by atomic mass is 10.1. The summed E-state index contributed by atoms with van der Waals surface area (Å²) in [6.07, 6.45) is 2.57. The van der Waals surface area contributed by atoms with E-state index in [0.29, 0.717) is 6.54 Å². The van der Waals surface area contributed by atoms with E-state index in [2.05, 4.69) is 0 Å². The Labute approximate surface area is 96.4 Å². The number of thiocarbonyl (C=S) groups is 1. The van der Waals surface area contributed by atoms with E-state index in [4.69, 9.17) is 18.0 Å². The van der Waals surface area contributed by atoms with Crippen LogP contribution in [-0.4, -0.2) is 48.7 Å². The van der Waals surface area contributed by atoms with Gasteiger partial charge in [-0.1, -0.05) is 18.6 Å². The molecule has 0 bridgehead atoms. The summed E-state index contributed by atoms with van der Waals surface area (Å²) in [5.41, 5.74) is 5.56. The van der Waals surface area contributed by atoms with Crippen molar-refractivity contribution in [1.29, 1.82) is 0 Å². The molecule has 1 saturated heterocycles. The summed E-state index contributed by atoms with van der Waals surface area (Å²) in [5, 5.41) is 0. The van der Waals surface area contributed by atoms with Crippen LogP contribution >= 0.6 is 12.2 Å². The topological polar surface area (TPSA) is 66.6 Å². The van der Waals surface area contributed by atoms with Gasteiger partial charge in [-0.3, -0.25) is 0 Å². The highest BCUT2D eigenvalue weighted by Gasteiger charge is 2.34. The van der Waals surface area contributed by atoms with Crippen molar-refractivity contribution in [3.8, 4) is 0 Å². The van der Waals surface area contributed by atoms with Crippen molar-refractivity contribution in [2.75, 3.05) is 20.6 Å². The zero-order chi connectivity index (χ0) is 11.6. The van der Waals surface area contributed by atoms with Crippen LogP contribution in [0.15, 0.2) is 0 Å². The van der Waals surface area contributed by atoms with Gasteiger partial charge in [-0.05, 0) is 12.8 Å². The molecule has 0 spiro atoms. The smallest absolute Gasteiger partial charge is 0.282 e. The predicted octanol–water partition coefficient (Wildman–Crippen LogP) is -0.0666. The van der Waals surface area contributed by atoms with E-state index in [0.717, 1.165) is 19.3 Å². The van der Waals surface area contributed by atoms with Gasteiger partial charge in [0.2, 0.25) is 0 Å². The summed E-state index contributed by atoms with van der Waals surface area (Å²) in [5.74, 6) is 0. The standard InChI is InChI=1S/C8H17N3O2S2/c1-10(2)15(12,13)11-6-4-3-5-7(11)8(9)14/h7H,3-6H2,1-2H3,(H2,9,14). The summed E-state index contributed by atoms with van der Waals surface area (Å²) in [4.78, 5) is 0.264. The van der Waals surface area contributed by atoms with Crippen LogP contribution < -0.4 is 5.73 Å². The van der Waals surface area contributed by atoms with Gasteiger partial charge in [0, 0.05) is 20.6 Å². The highest BCUT2D eigenvalue weighted by atomic mass is 32.2. The van der Waals surface area contributed by atoms with Gasteiger partial charge in [-0.2, -0.15) is 17.0 Å². The molecule has 0 radical (unpaired) electrons. The van der Waals surface area contributed by atoms with E-state index in [-0.39, 0.29) is 11.0 Å². The van der Waals surface area contributed by atoms with E-state index < -0.39 is 10.2 Å². The van der Waals surface area contributed by atoms with Crippen LogP contribution in [0.25, 0.3) is 0 Å². The molecule has 1 unspecified atom stereocenters. The number of hydrogen-bond donors (Lipinski definition) is 1. The second kappa shape index (κ2) is 4.73. The molecule has 5 nitrogen and oxygen atoms in total. The number of nitrogens with zero attached hydrogens (tertiary/aromatic N) is 2. The van der Waals surface area contributed by atoms with Gasteiger partial charge in [0.05, 0.1) is 11.0 Å². The van der Waals surface area contributed by atoms with Gasteiger partial charge >= 0.3 is 0 Å². The Kier molecular flexibility index (Phi) is 4.05. The fraction of sp³-hybridized carbons (Fsp3) is 0.875. The molecule has 7 heteroatoms. The van der Waals surface area contributed by atoms with Crippen LogP contribution in [0.1, 0.15) is 19.3 Å². The minimum absolute atomic E-state index is 0.264. The lowest BCUT2D eigenvalue weighted by molar-refractivity contribution is 0.289. The first-order valence-corrected chi connectivity index (χ1v) is 6.66. The average molecular weight is 251 g/mol. The molecule has 2 N–H and O–H groups in total. The van der Waals surface area contributed by atoms with Crippen molar-refractivity contribution in [2.24, 2.45) is 5.73 Å². The molecule has 0 aromatic rings. The third-order valence-electron chi connectivity index (χ3n) is 2.54. The monoisotopic (exact) mass is 251 g/mol. The molecular formula is C8H17N3O2S2. The van der Waals surface area contributed by atoms with Crippen molar-refractivity contribution in [3.63, 3.8) is 0 Å². The van der Waals surface area contributed by atoms with Crippen LogP contribution in [0.5, 0.6) is 0 Å². The van der Waals surface area contributed by atoms with Crippen LogP contribution in [0, 0.1) is 0 Å². The summed E-state index contributed by atoms with van der Waals surface area (Å²) in [7, 11) is -0.366. The molecule has 15 heavy (non-hydrogen) atoms. The number of piperidine rings is 1. The number of rotatable bonds is 3.